The van der Waals surface area contributed by atoms with Gasteiger partial charge >= 0.3 is 12.0 Å². The minimum Gasteiger partial charge on any atom is -0.481 e. The molecule has 0 spiro atoms. The summed E-state index contributed by atoms with van der Waals surface area (Å²) in [6.07, 6.45) is 5.22. The number of aliphatic carboxylic acids is 1. The fourth-order valence-corrected chi connectivity index (χ4v) is 5.63. The number of urea groups is 1. The molecule has 180 valence electrons. The average molecular weight is 489 g/mol. The van der Waals surface area contributed by atoms with Gasteiger partial charge in [0.1, 0.15) is 0 Å². The third-order valence-electron chi connectivity index (χ3n) is 7.32. The van der Waals surface area contributed by atoms with Crippen LogP contribution in [-0.2, 0) is 11.2 Å². The fraction of sp³-hybridized carbons (Fsp3) is 0.310. The summed E-state index contributed by atoms with van der Waals surface area (Å²) in [6.45, 7) is 0.647. The van der Waals surface area contributed by atoms with Crippen LogP contribution in [-0.4, -0.2) is 23.7 Å². The van der Waals surface area contributed by atoms with E-state index in [0.29, 0.717) is 35.5 Å². The van der Waals surface area contributed by atoms with Crippen LogP contribution in [0.4, 0.5) is 16.2 Å². The van der Waals surface area contributed by atoms with Gasteiger partial charge in [0.15, 0.2) is 0 Å². The molecule has 0 bridgehead atoms. The summed E-state index contributed by atoms with van der Waals surface area (Å²) in [7, 11) is 0. The Balaban J connectivity index is 1.24. The summed E-state index contributed by atoms with van der Waals surface area (Å²) in [5.74, 6) is 0.152. The quantitative estimate of drug-likeness (QED) is 0.394. The van der Waals surface area contributed by atoms with E-state index in [9.17, 15) is 9.59 Å². The van der Waals surface area contributed by atoms with Crippen molar-refractivity contribution in [1.82, 2.24) is 0 Å². The Bertz CT molecular complexity index is 1230. The van der Waals surface area contributed by atoms with E-state index in [2.05, 4.69) is 41.7 Å². The maximum absolute atomic E-state index is 12.8. The van der Waals surface area contributed by atoms with Gasteiger partial charge in [-0.2, -0.15) is 0 Å². The van der Waals surface area contributed by atoms with Crippen LogP contribution in [0.5, 0.6) is 0 Å². The molecule has 0 unspecified atom stereocenters. The number of hydrogen-bond donors (Lipinski definition) is 2. The van der Waals surface area contributed by atoms with E-state index in [1.807, 2.05) is 18.2 Å². The molecule has 2 amide bonds. The molecular formula is C29H29ClN2O3. The van der Waals surface area contributed by atoms with Crippen molar-refractivity contribution in [3.63, 3.8) is 0 Å². The van der Waals surface area contributed by atoms with Gasteiger partial charge in [-0.1, -0.05) is 48.0 Å². The molecule has 5 rings (SSSR count). The van der Waals surface area contributed by atoms with Crippen LogP contribution in [0.2, 0.25) is 5.02 Å². The first kappa shape index (κ1) is 23.4. The number of nitrogens with one attached hydrogen (secondary N) is 1. The van der Waals surface area contributed by atoms with Crippen molar-refractivity contribution in [1.29, 1.82) is 0 Å². The number of benzene rings is 3. The van der Waals surface area contributed by atoms with E-state index in [0.717, 1.165) is 48.9 Å². The predicted molar refractivity (Wildman–Crippen MR) is 140 cm³/mol. The van der Waals surface area contributed by atoms with Crippen molar-refractivity contribution in [3.8, 4) is 11.1 Å². The topological polar surface area (TPSA) is 69.6 Å². The third kappa shape index (κ3) is 5.35. The van der Waals surface area contributed by atoms with E-state index >= 15 is 0 Å². The zero-order valence-corrected chi connectivity index (χ0v) is 20.3. The normalized spacial score (nSPS) is 19.3. The smallest absolute Gasteiger partial charge is 0.326 e. The molecule has 3 aromatic rings. The van der Waals surface area contributed by atoms with Gasteiger partial charge in [0.05, 0.1) is 0 Å². The second-order valence-electron chi connectivity index (χ2n) is 9.62. The Hall–Kier alpha value is -3.31. The lowest BCUT2D eigenvalue weighted by molar-refractivity contribution is -0.138. The molecule has 2 N–H and O–H groups in total. The Morgan fingerprint density at radius 3 is 2.40 bits per heavy atom. The molecule has 3 aromatic carbocycles. The average Bonchev–Trinajstić information content (AvgIpc) is 3.28. The first-order valence-electron chi connectivity index (χ1n) is 12.3. The molecule has 1 fully saturated rings. The number of rotatable bonds is 5. The number of carbonyl (C=O) groups is 2. The van der Waals surface area contributed by atoms with Crippen LogP contribution < -0.4 is 10.2 Å². The number of amides is 2. The highest BCUT2D eigenvalue weighted by atomic mass is 35.5. The standard InChI is InChI=1S/C29H29ClN2O3/c30-25-2-1-3-26(18-25)31-29(35)32-15-14-24-17-23(12-13-27(24)32)22-10-8-21(9-11-22)20-6-4-19(5-7-20)16-28(33)34/h1-3,8-13,17-20H,4-7,14-16H2,(H,31,35)(H,33,34). The number of fused-ring (bicyclic) bond motifs is 1. The number of carbonyl (C=O) groups excluding carboxylic acids is 1. The van der Waals surface area contributed by atoms with Gasteiger partial charge in [0, 0.05) is 29.4 Å². The largest absolute Gasteiger partial charge is 0.481 e. The summed E-state index contributed by atoms with van der Waals surface area (Å²) in [4.78, 5) is 25.6. The zero-order chi connectivity index (χ0) is 24.4. The lowest BCUT2D eigenvalue weighted by Gasteiger charge is -2.28. The predicted octanol–water partition coefficient (Wildman–Crippen LogP) is 7.35. The number of carboxylic acids is 1. The first-order valence-corrected chi connectivity index (χ1v) is 12.6. The SMILES string of the molecule is O=C(O)CC1CCC(c2ccc(-c3ccc4c(c3)CCN4C(=O)Nc3cccc(Cl)c3)cc2)CC1. The number of carboxylic acid groups (broad SMARTS) is 1. The highest BCUT2D eigenvalue weighted by molar-refractivity contribution is 6.30. The minimum absolute atomic E-state index is 0.152. The van der Waals surface area contributed by atoms with Crippen LogP contribution >= 0.6 is 11.6 Å². The van der Waals surface area contributed by atoms with Gasteiger partial charge < -0.3 is 10.4 Å². The van der Waals surface area contributed by atoms with Gasteiger partial charge in [-0.3, -0.25) is 9.69 Å². The lowest BCUT2D eigenvalue weighted by atomic mass is 9.77. The lowest BCUT2D eigenvalue weighted by Crippen LogP contribution is -2.33. The van der Waals surface area contributed by atoms with Crippen LogP contribution in [0, 0.1) is 5.92 Å². The summed E-state index contributed by atoms with van der Waals surface area (Å²) in [5, 5.41) is 12.6. The van der Waals surface area contributed by atoms with Gasteiger partial charge in [-0.25, -0.2) is 4.79 Å². The van der Waals surface area contributed by atoms with Crippen LogP contribution in [0.1, 0.15) is 49.1 Å². The molecule has 1 saturated carbocycles. The van der Waals surface area contributed by atoms with Crippen molar-refractivity contribution in [3.05, 3.63) is 82.9 Å². The van der Waals surface area contributed by atoms with Crippen LogP contribution in [0.25, 0.3) is 11.1 Å². The van der Waals surface area contributed by atoms with Gasteiger partial charge in [-0.05, 0) is 96.5 Å². The number of anilines is 2. The first-order chi connectivity index (χ1) is 17.0. The monoisotopic (exact) mass is 488 g/mol. The third-order valence-corrected chi connectivity index (χ3v) is 7.56. The van der Waals surface area contributed by atoms with Crippen molar-refractivity contribution in [2.24, 2.45) is 5.92 Å². The Morgan fingerprint density at radius 2 is 1.69 bits per heavy atom. The highest BCUT2D eigenvalue weighted by Gasteiger charge is 2.26. The Labute approximate surface area is 210 Å². The van der Waals surface area contributed by atoms with Crippen molar-refractivity contribution >= 4 is 35.0 Å². The van der Waals surface area contributed by atoms with Gasteiger partial charge in [0.2, 0.25) is 0 Å². The van der Waals surface area contributed by atoms with Crippen molar-refractivity contribution < 1.29 is 14.7 Å². The number of nitrogens with zero attached hydrogens (tertiary/aromatic N) is 1. The molecule has 0 saturated heterocycles. The van der Waals surface area contributed by atoms with Gasteiger partial charge in [-0.15, -0.1) is 0 Å². The van der Waals surface area contributed by atoms with Gasteiger partial charge in [0.25, 0.3) is 0 Å². The summed E-state index contributed by atoms with van der Waals surface area (Å²) < 4.78 is 0. The maximum Gasteiger partial charge on any atom is 0.326 e. The van der Waals surface area contributed by atoms with E-state index < -0.39 is 5.97 Å². The minimum atomic E-state index is -0.683. The number of hydrogen-bond acceptors (Lipinski definition) is 2. The summed E-state index contributed by atoms with van der Waals surface area (Å²) in [5.41, 5.74) is 6.46. The van der Waals surface area contributed by atoms with Crippen molar-refractivity contribution in [2.45, 2.75) is 44.4 Å². The molecule has 1 aliphatic carbocycles. The molecule has 35 heavy (non-hydrogen) atoms. The van der Waals surface area contributed by atoms with E-state index in [-0.39, 0.29) is 6.03 Å². The van der Waals surface area contributed by atoms with E-state index in [4.69, 9.17) is 16.7 Å². The van der Waals surface area contributed by atoms with Crippen LogP contribution in [0.15, 0.2) is 66.7 Å². The molecule has 2 aliphatic rings. The molecule has 0 atom stereocenters. The van der Waals surface area contributed by atoms with Crippen LogP contribution in [0.3, 0.4) is 0 Å². The highest BCUT2D eigenvalue weighted by Crippen LogP contribution is 2.38. The molecule has 1 heterocycles. The molecule has 5 nitrogen and oxygen atoms in total. The molecule has 0 aromatic heterocycles. The Kier molecular flexibility index (Phi) is 6.78. The molecule has 6 heteroatoms. The molecule has 1 aliphatic heterocycles. The molecule has 0 radical (unpaired) electrons. The molecular weight excluding hydrogens is 460 g/mol. The fourth-order valence-electron chi connectivity index (χ4n) is 5.44. The summed E-state index contributed by atoms with van der Waals surface area (Å²) >= 11 is 6.04. The van der Waals surface area contributed by atoms with Crippen molar-refractivity contribution in [2.75, 3.05) is 16.8 Å². The number of halogens is 1. The maximum atomic E-state index is 12.8. The zero-order valence-electron chi connectivity index (χ0n) is 19.5. The summed E-state index contributed by atoms with van der Waals surface area (Å²) in [6, 6.07) is 22.1. The second-order valence-corrected chi connectivity index (χ2v) is 10.1. The Morgan fingerprint density at radius 1 is 0.943 bits per heavy atom. The van der Waals surface area contributed by atoms with E-state index in [1.165, 1.54) is 11.1 Å². The second kappa shape index (κ2) is 10.1. The van der Waals surface area contributed by atoms with E-state index in [1.54, 1.807) is 17.0 Å².